The molecule has 9 heteroatoms. The first kappa shape index (κ1) is 20.3. The highest BCUT2D eigenvalue weighted by molar-refractivity contribution is 7.91. The number of nitrogens with one attached hydrogen (secondary N) is 1. The van der Waals surface area contributed by atoms with Crippen molar-refractivity contribution in [3.8, 4) is 11.1 Å². The van der Waals surface area contributed by atoms with Crippen molar-refractivity contribution in [3.05, 3.63) is 71.1 Å². The van der Waals surface area contributed by atoms with Gasteiger partial charge in [-0.25, -0.2) is 13.6 Å². The van der Waals surface area contributed by atoms with Gasteiger partial charge in [0.1, 0.15) is 4.21 Å². The highest BCUT2D eigenvalue weighted by Gasteiger charge is 2.43. The summed E-state index contributed by atoms with van der Waals surface area (Å²) >= 11 is 1.08. The second kappa shape index (κ2) is 8.02. The van der Waals surface area contributed by atoms with Gasteiger partial charge in [-0.15, -0.1) is 11.3 Å². The van der Waals surface area contributed by atoms with Crippen LogP contribution < -0.4 is 16.3 Å². The Morgan fingerprint density at radius 3 is 2.63 bits per heavy atom. The molecule has 154 valence electrons. The van der Waals surface area contributed by atoms with Crippen molar-refractivity contribution in [1.29, 1.82) is 0 Å². The zero-order valence-electron chi connectivity index (χ0n) is 15.9. The van der Waals surface area contributed by atoms with Crippen LogP contribution in [0.4, 0.5) is 5.69 Å². The molecule has 1 fully saturated rings. The Morgan fingerprint density at radius 2 is 1.93 bits per heavy atom. The predicted octanol–water partition coefficient (Wildman–Crippen LogP) is 3.10. The van der Waals surface area contributed by atoms with E-state index in [4.69, 9.17) is 11.0 Å². The normalized spacial score (nSPS) is 18.4. The van der Waals surface area contributed by atoms with Gasteiger partial charge in [-0.1, -0.05) is 30.3 Å². The number of carbonyl (C=O) groups is 1. The molecule has 1 aliphatic rings. The minimum atomic E-state index is -3.78. The zero-order valence-corrected chi connectivity index (χ0v) is 17.5. The van der Waals surface area contributed by atoms with E-state index >= 15 is 0 Å². The second-order valence-electron chi connectivity index (χ2n) is 7.13. The van der Waals surface area contributed by atoms with Crippen LogP contribution in [-0.2, 0) is 14.8 Å². The summed E-state index contributed by atoms with van der Waals surface area (Å²) in [5, 5.41) is 13.4. The molecule has 0 radical (unpaired) electrons. The largest absolute Gasteiger partial charge is 0.326 e. The number of thiophene rings is 1. The van der Waals surface area contributed by atoms with Gasteiger partial charge in [-0.2, -0.15) is 5.10 Å². The summed E-state index contributed by atoms with van der Waals surface area (Å²) in [7, 11) is -3.78. The van der Waals surface area contributed by atoms with Crippen LogP contribution in [-0.4, -0.2) is 20.5 Å². The summed E-state index contributed by atoms with van der Waals surface area (Å²) in [4.78, 5) is 12.6. The van der Waals surface area contributed by atoms with Crippen molar-refractivity contribution < 1.29 is 13.2 Å². The van der Waals surface area contributed by atoms with E-state index < -0.39 is 10.0 Å². The Bertz CT molecular complexity index is 1220. The van der Waals surface area contributed by atoms with Crippen LogP contribution in [0.2, 0.25) is 0 Å². The fraction of sp³-hybridized carbons (Fsp3) is 0.143. The summed E-state index contributed by atoms with van der Waals surface area (Å²) in [6, 6.07) is 16.6. The van der Waals surface area contributed by atoms with Gasteiger partial charge in [0.2, 0.25) is 15.9 Å². The first-order valence-corrected chi connectivity index (χ1v) is 11.6. The lowest BCUT2D eigenvalue weighted by Crippen LogP contribution is -2.14. The molecule has 1 aliphatic carbocycles. The van der Waals surface area contributed by atoms with Crippen LogP contribution >= 0.6 is 11.3 Å². The van der Waals surface area contributed by atoms with Gasteiger partial charge in [0.05, 0.1) is 6.21 Å². The number of benzene rings is 2. The number of primary sulfonamides is 1. The van der Waals surface area contributed by atoms with Crippen LogP contribution in [0, 0.1) is 5.92 Å². The van der Waals surface area contributed by atoms with Gasteiger partial charge in [0, 0.05) is 17.2 Å². The van der Waals surface area contributed by atoms with Crippen molar-refractivity contribution in [2.45, 2.75) is 16.5 Å². The Morgan fingerprint density at radius 1 is 1.17 bits per heavy atom. The Balaban J connectivity index is 1.43. The van der Waals surface area contributed by atoms with E-state index in [1.165, 1.54) is 0 Å². The monoisotopic (exact) mass is 440 g/mol. The first-order chi connectivity index (χ1) is 14.4. The van der Waals surface area contributed by atoms with Crippen molar-refractivity contribution in [3.63, 3.8) is 0 Å². The van der Waals surface area contributed by atoms with Gasteiger partial charge in [0.25, 0.3) is 0 Å². The molecule has 5 N–H and O–H groups in total. The Kier molecular flexibility index (Phi) is 5.42. The molecular formula is C21H20N4O3S2. The van der Waals surface area contributed by atoms with Crippen LogP contribution in [0.3, 0.4) is 0 Å². The topological polar surface area (TPSA) is 128 Å². The minimum absolute atomic E-state index is 0.0357. The van der Waals surface area contributed by atoms with Crippen LogP contribution in [0.1, 0.15) is 23.5 Å². The SMILES string of the molecule is NN=Cc1cccc([C@H]2C[C@H]2C(=O)Nc2ccc(-c3ccsc3S(N)(=O)=O)cc2)c1. The average Bonchev–Trinajstić information content (AvgIpc) is 3.36. The average molecular weight is 441 g/mol. The number of rotatable bonds is 6. The lowest BCUT2D eigenvalue weighted by Gasteiger charge is -2.07. The first-order valence-electron chi connectivity index (χ1n) is 9.21. The smallest absolute Gasteiger partial charge is 0.248 e. The van der Waals surface area contributed by atoms with Gasteiger partial charge >= 0.3 is 0 Å². The zero-order chi connectivity index (χ0) is 21.3. The highest BCUT2D eigenvalue weighted by Crippen LogP contribution is 2.48. The fourth-order valence-corrected chi connectivity index (χ4v) is 5.34. The van der Waals surface area contributed by atoms with E-state index in [0.717, 1.165) is 34.4 Å². The molecule has 1 saturated carbocycles. The minimum Gasteiger partial charge on any atom is -0.326 e. The lowest BCUT2D eigenvalue weighted by molar-refractivity contribution is -0.117. The molecule has 3 aromatic rings. The maximum absolute atomic E-state index is 12.6. The van der Waals surface area contributed by atoms with Crippen LogP contribution in [0.25, 0.3) is 11.1 Å². The molecule has 0 bridgehead atoms. The Labute approximate surface area is 178 Å². The van der Waals surface area contributed by atoms with E-state index in [1.807, 2.05) is 24.3 Å². The predicted molar refractivity (Wildman–Crippen MR) is 119 cm³/mol. The number of amides is 1. The molecule has 0 saturated heterocycles. The second-order valence-corrected chi connectivity index (χ2v) is 9.80. The molecule has 30 heavy (non-hydrogen) atoms. The van der Waals surface area contributed by atoms with E-state index in [0.29, 0.717) is 11.3 Å². The number of carbonyl (C=O) groups excluding carboxylic acids is 1. The number of hydrogen-bond acceptors (Lipinski definition) is 6. The molecule has 7 nitrogen and oxygen atoms in total. The van der Waals surface area contributed by atoms with Gasteiger partial charge in [-0.3, -0.25) is 4.79 Å². The molecular weight excluding hydrogens is 420 g/mol. The summed E-state index contributed by atoms with van der Waals surface area (Å²) in [5.74, 6) is 5.27. The number of hydrogen-bond donors (Lipinski definition) is 3. The molecule has 1 aromatic heterocycles. The molecule has 1 amide bonds. The summed E-state index contributed by atoms with van der Waals surface area (Å²) < 4.78 is 23.5. The molecule has 2 aromatic carbocycles. The summed E-state index contributed by atoms with van der Waals surface area (Å²) in [6.45, 7) is 0. The highest BCUT2D eigenvalue weighted by atomic mass is 32.2. The van der Waals surface area contributed by atoms with Crippen molar-refractivity contribution in [2.75, 3.05) is 5.32 Å². The number of nitrogens with two attached hydrogens (primary N) is 2. The molecule has 0 unspecified atom stereocenters. The number of anilines is 1. The molecule has 1 heterocycles. The van der Waals surface area contributed by atoms with E-state index in [9.17, 15) is 13.2 Å². The lowest BCUT2D eigenvalue weighted by atomic mass is 10.1. The van der Waals surface area contributed by atoms with Gasteiger partial charge in [-0.05, 0) is 58.7 Å². The Hall–Kier alpha value is -3.01. The van der Waals surface area contributed by atoms with Crippen LogP contribution in [0.5, 0.6) is 0 Å². The van der Waals surface area contributed by atoms with E-state index in [-0.39, 0.29) is 22.0 Å². The van der Waals surface area contributed by atoms with Crippen molar-refractivity contribution in [2.24, 2.45) is 22.0 Å². The van der Waals surface area contributed by atoms with Crippen LogP contribution in [0.15, 0.2) is 69.3 Å². The third kappa shape index (κ3) is 4.28. The fourth-order valence-electron chi connectivity index (χ4n) is 3.51. The van der Waals surface area contributed by atoms with Gasteiger partial charge < -0.3 is 11.2 Å². The maximum atomic E-state index is 12.6. The number of sulfonamides is 1. The summed E-state index contributed by atoms with van der Waals surface area (Å²) in [6.07, 6.45) is 2.37. The number of hydrazone groups is 1. The molecule has 2 atom stereocenters. The third-order valence-electron chi connectivity index (χ3n) is 5.04. The molecule has 4 rings (SSSR count). The van der Waals surface area contributed by atoms with Gasteiger partial charge in [0.15, 0.2) is 0 Å². The number of nitrogens with zero attached hydrogens (tertiary/aromatic N) is 1. The molecule has 0 aliphatic heterocycles. The quantitative estimate of drug-likeness (QED) is 0.309. The summed E-state index contributed by atoms with van der Waals surface area (Å²) in [5.41, 5.74) is 3.94. The third-order valence-corrected chi connectivity index (χ3v) is 7.47. The van der Waals surface area contributed by atoms with Crippen molar-refractivity contribution in [1.82, 2.24) is 0 Å². The van der Waals surface area contributed by atoms with E-state index in [1.54, 1.807) is 41.9 Å². The molecule has 0 spiro atoms. The van der Waals surface area contributed by atoms with Crippen molar-refractivity contribution >= 4 is 39.2 Å². The van der Waals surface area contributed by atoms with E-state index in [2.05, 4.69) is 10.4 Å². The standard InChI is InChI=1S/C21H20N4O3S2/c22-24-12-13-2-1-3-15(10-13)18-11-19(18)20(26)25-16-6-4-14(5-7-16)17-8-9-29-21(17)30(23,27)28/h1-10,12,18-19H,11,22H2,(H,25,26)(H2,23,27,28)/t18-,19-/m1/s1. The maximum Gasteiger partial charge on any atom is 0.248 e.